The van der Waals surface area contributed by atoms with Gasteiger partial charge in [0.2, 0.25) is 21.8 Å². The average molecular weight is 571 g/mol. The van der Waals surface area contributed by atoms with Crippen LogP contribution < -0.4 is 9.62 Å². The Morgan fingerprint density at radius 1 is 1.03 bits per heavy atom. The monoisotopic (exact) mass is 569 g/mol. The van der Waals surface area contributed by atoms with Crippen molar-refractivity contribution in [1.29, 1.82) is 0 Å². The van der Waals surface area contributed by atoms with E-state index in [9.17, 15) is 18.0 Å². The molecule has 0 radical (unpaired) electrons. The molecule has 0 spiro atoms. The number of halogens is 2. The van der Waals surface area contributed by atoms with Crippen molar-refractivity contribution in [3.63, 3.8) is 0 Å². The molecule has 2 amide bonds. The lowest BCUT2D eigenvalue weighted by Crippen LogP contribution is -2.50. The van der Waals surface area contributed by atoms with Crippen LogP contribution in [0.2, 0.25) is 10.0 Å². The SMILES string of the molecule is CC[C@@H](C(=O)NC(C)C)N(Cc1c(Cl)cccc1Cl)C(=O)CCCN(c1ccc(C)c(C)c1)S(C)(=O)=O. The van der Waals surface area contributed by atoms with Gasteiger partial charge in [-0.05, 0) is 75.9 Å². The number of benzene rings is 2. The molecule has 10 heteroatoms. The highest BCUT2D eigenvalue weighted by Crippen LogP contribution is 2.28. The Morgan fingerprint density at radius 2 is 1.65 bits per heavy atom. The van der Waals surface area contributed by atoms with E-state index in [0.717, 1.165) is 17.4 Å². The van der Waals surface area contributed by atoms with Crippen molar-refractivity contribution < 1.29 is 18.0 Å². The first-order valence-electron chi connectivity index (χ1n) is 12.3. The molecular formula is C27H37Cl2N3O4S. The van der Waals surface area contributed by atoms with Gasteiger partial charge >= 0.3 is 0 Å². The predicted molar refractivity (Wildman–Crippen MR) is 152 cm³/mol. The van der Waals surface area contributed by atoms with Gasteiger partial charge in [0.15, 0.2) is 0 Å². The quantitative estimate of drug-likeness (QED) is 0.366. The summed E-state index contributed by atoms with van der Waals surface area (Å²) in [6, 6.07) is 9.74. The Morgan fingerprint density at radius 3 is 2.16 bits per heavy atom. The number of carbonyl (C=O) groups is 2. The van der Waals surface area contributed by atoms with Crippen LogP contribution in [-0.2, 0) is 26.2 Å². The van der Waals surface area contributed by atoms with E-state index in [0.29, 0.717) is 27.7 Å². The molecule has 0 aliphatic rings. The minimum atomic E-state index is -3.56. The van der Waals surface area contributed by atoms with E-state index >= 15 is 0 Å². The van der Waals surface area contributed by atoms with E-state index in [1.165, 1.54) is 9.21 Å². The molecular weight excluding hydrogens is 533 g/mol. The van der Waals surface area contributed by atoms with Gasteiger partial charge in [0.1, 0.15) is 6.04 Å². The molecule has 2 aromatic carbocycles. The van der Waals surface area contributed by atoms with Crippen LogP contribution in [0, 0.1) is 13.8 Å². The number of aryl methyl sites for hydroxylation is 2. The molecule has 0 fully saturated rings. The molecule has 0 unspecified atom stereocenters. The van der Waals surface area contributed by atoms with Gasteiger partial charge in [-0.25, -0.2) is 8.42 Å². The number of hydrogen-bond acceptors (Lipinski definition) is 4. The summed E-state index contributed by atoms with van der Waals surface area (Å²) < 4.78 is 26.4. The highest BCUT2D eigenvalue weighted by Gasteiger charge is 2.30. The van der Waals surface area contributed by atoms with E-state index < -0.39 is 16.1 Å². The van der Waals surface area contributed by atoms with Gasteiger partial charge in [-0.15, -0.1) is 0 Å². The van der Waals surface area contributed by atoms with Crippen LogP contribution in [0.5, 0.6) is 0 Å². The van der Waals surface area contributed by atoms with Gasteiger partial charge in [-0.1, -0.05) is 42.3 Å². The third kappa shape index (κ3) is 8.62. The van der Waals surface area contributed by atoms with Gasteiger partial charge in [-0.3, -0.25) is 13.9 Å². The molecule has 0 heterocycles. The highest BCUT2D eigenvalue weighted by atomic mass is 35.5. The molecule has 0 aliphatic carbocycles. The third-order valence-corrected chi connectivity index (χ3v) is 8.04. The van der Waals surface area contributed by atoms with Gasteiger partial charge in [-0.2, -0.15) is 0 Å². The zero-order valence-corrected chi connectivity index (χ0v) is 24.7. The van der Waals surface area contributed by atoms with Crippen molar-refractivity contribution >= 4 is 50.7 Å². The van der Waals surface area contributed by atoms with Crippen LogP contribution in [-0.4, -0.2) is 50.0 Å². The number of anilines is 1. The maximum atomic E-state index is 13.5. The van der Waals surface area contributed by atoms with Crippen LogP contribution in [0.4, 0.5) is 5.69 Å². The molecule has 7 nitrogen and oxygen atoms in total. The molecule has 0 saturated heterocycles. The molecule has 0 bridgehead atoms. The van der Waals surface area contributed by atoms with Gasteiger partial charge < -0.3 is 10.2 Å². The fourth-order valence-corrected chi connectivity index (χ4v) is 5.51. The maximum Gasteiger partial charge on any atom is 0.243 e. The lowest BCUT2D eigenvalue weighted by molar-refractivity contribution is -0.141. The lowest BCUT2D eigenvalue weighted by Gasteiger charge is -2.32. The second kappa shape index (κ2) is 13.5. The molecule has 1 N–H and O–H groups in total. The van der Waals surface area contributed by atoms with Crippen molar-refractivity contribution in [2.45, 2.75) is 72.5 Å². The minimum absolute atomic E-state index is 0.0460. The first-order valence-corrected chi connectivity index (χ1v) is 14.9. The van der Waals surface area contributed by atoms with Crippen LogP contribution in [0.1, 0.15) is 56.7 Å². The molecule has 37 heavy (non-hydrogen) atoms. The Kier molecular flexibility index (Phi) is 11.3. The van der Waals surface area contributed by atoms with Gasteiger partial charge in [0.05, 0.1) is 11.9 Å². The average Bonchev–Trinajstić information content (AvgIpc) is 2.79. The number of hydrogen-bond donors (Lipinski definition) is 1. The second-order valence-corrected chi connectivity index (χ2v) is 12.2. The van der Waals surface area contributed by atoms with Crippen LogP contribution >= 0.6 is 23.2 Å². The predicted octanol–water partition coefficient (Wildman–Crippen LogP) is 5.49. The summed E-state index contributed by atoms with van der Waals surface area (Å²) in [6.45, 7) is 9.62. The lowest BCUT2D eigenvalue weighted by atomic mass is 10.1. The van der Waals surface area contributed by atoms with E-state index in [-0.39, 0.29) is 43.8 Å². The molecule has 0 aromatic heterocycles. The summed E-state index contributed by atoms with van der Waals surface area (Å²) >= 11 is 12.8. The molecule has 0 aliphatic heterocycles. The summed E-state index contributed by atoms with van der Waals surface area (Å²) in [5, 5.41) is 3.69. The summed E-state index contributed by atoms with van der Waals surface area (Å²) in [7, 11) is -3.56. The summed E-state index contributed by atoms with van der Waals surface area (Å²) in [4.78, 5) is 28.0. The zero-order chi connectivity index (χ0) is 27.9. The smallest absolute Gasteiger partial charge is 0.243 e. The van der Waals surface area contributed by atoms with Crippen LogP contribution in [0.25, 0.3) is 0 Å². The van der Waals surface area contributed by atoms with E-state index in [2.05, 4.69) is 5.32 Å². The topological polar surface area (TPSA) is 86.8 Å². The Balaban J connectivity index is 2.29. The number of carbonyl (C=O) groups excluding carboxylic acids is 2. The highest BCUT2D eigenvalue weighted by molar-refractivity contribution is 7.92. The first-order chi connectivity index (χ1) is 17.3. The van der Waals surface area contributed by atoms with Crippen LogP contribution in [0.3, 0.4) is 0 Å². The second-order valence-electron chi connectivity index (χ2n) is 9.52. The summed E-state index contributed by atoms with van der Waals surface area (Å²) in [5.74, 6) is -0.544. The Hall–Kier alpha value is -2.29. The van der Waals surface area contributed by atoms with Gasteiger partial charge in [0, 0.05) is 41.2 Å². The van der Waals surface area contributed by atoms with Crippen molar-refractivity contribution in [2.24, 2.45) is 0 Å². The normalized spacial score (nSPS) is 12.4. The molecule has 2 rings (SSSR count). The van der Waals surface area contributed by atoms with Crippen molar-refractivity contribution in [2.75, 3.05) is 17.1 Å². The number of nitrogens with zero attached hydrogens (tertiary/aromatic N) is 2. The van der Waals surface area contributed by atoms with Crippen molar-refractivity contribution in [1.82, 2.24) is 10.2 Å². The number of rotatable bonds is 12. The number of nitrogens with one attached hydrogen (secondary N) is 1. The molecule has 2 aromatic rings. The fraction of sp³-hybridized carbons (Fsp3) is 0.481. The summed E-state index contributed by atoms with van der Waals surface area (Å²) in [5.41, 5.74) is 3.15. The molecule has 1 atom stereocenters. The largest absolute Gasteiger partial charge is 0.352 e. The van der Waals surface area contributed by atoms with E-state index in [1.54, 1.807) is 24.3 Å². The Bertz CT molecular complexity index is 1200. The Labute approximate surface area is 231 Å². The molecule has 204 valence electrons. The van der Waals surface area contributed by atoms with Crippen LogP contribution in [0.15, 0.2) is 36.4 Å². The fourth-order valence-electron chi connectivity index (χ4n) is 4.04. The standard InChI is InChI=1S/C27H37Cl2N3O4S/c1-7-25(27(34)30-18(2)3)31(17-22-23(28)10-8-11-24(22)29)26(33)12-9-15-32(37(6,35)36)21-14-13-19(4)20(5)16-21/h8,10-11,13-14,16,18,25H,7,9,12,15,17H2,1-6H3,(H,30,34)/t25-/m0/s1. The minimum Gasteiger partial charge on any atom is -0.352 e. The number of amides is 2. The first kappa shape index (κ1) is 30.9. The van der Waals surface area contributed by atoms with Crippen molar-refractivity contribution in [3.05, 3.63) is 63.1 Å². The molecule has 0 saturated carbocycles. The number of sulfonamides is 1. The van der Waals surface area contributed by atoms with E-state index in [1.807, 2.05) is 46.8 Å². The van der Waals surface area contributed by atoms with Crippen molar-refractivity contribution in [3.8, 4) is 0 Å². The maximum absolute atomic E-state index is 13.5. The third-order valence-electron chi connectivity index (χ3n) is 6.14. The van der Waals surface area contributed by atoms with E-state index in [4.69, 9.17) is 23.2 Å². The summed E-state index contributed by atoms with van der Waals surface area (Å²) in [6.07, 6.45) is 1.86. The van der Waals surface area contributed by atoms with Gasteiger partial charge in [0.25, 0.3) is 0 Å². The zero-order valence-electron chi connectivity index (χ0n) is 22.3.